The highest BCUT2D eigenvalue weighted by Crippen LogP contribution is 2.33. The average Bonchev–Trinajstić information content (AvgIpc) is 3.49. The number of carbonyl (C=O) groups is 1. The van der Waals surface area contributed by atoms with Crippen LogP contribution in [0.1, 0.15) is 41.9 Å². The minimum absolute atomic E-state index is 0.0528. The lowest BCUT2D eigenvalue weighted by molar-refractivity contribution is 0.0944. The van der Waals surface area contributed by atoms with Crippen molar-refractivity contribution in [3.8, 4) is 0 Å². The molecular formula is C24H30N10OS. The number of anilines is 4. The van der Waals surface area contributed by atoms with Gasteiger partial charge in [0.25, 0.3) is 5.91 Å². The first-order valence-corrected chi connectivity index (χ1v) is 12.7. The molecule has 1 fully saturated rings. The van der Waals surface area contributed by atoms with Crippen LogP contribution in [-0.2, 0) is 7.05 Å². The molecule has 11 nitrogen and oxygen atoms in total. The van der Waals surface area contributed by atoms with E-state index in [0.29, 0.717) is 34.5 Å². The van der Waals surface area contributed by atoms with Gasteiger partial charge >= 0.3 is 0 Å². The van der Waals surface area contributed by atoms with E-state index < -0.39 is 0 Å². The fourth-order valence-electron chi connectivity index (χ4n) is 4.48. The highest BCUT2D eigenvalue weighted by molar-refractivity contribution is 7.18. The molecule has 5 heterocycles. The third-order valence-electron chi connectivity index (χ3n) is 6.51. The molecule has 0 aromatic carbocycles. The van der Waals surface area contributed by atoms with E-state index in [1.807, 2.05) is 20.0 Å². The van der Waals surface area contributed by atoms with E-state index >= 15 is 0 Å². The number of rotatable bonds is 8. The third kappa shape index (κ3) is 5.00. The molecular weight excluding hydrogens is 476 g/mol. The molecule has 36 heavy (non-hydrogen) atoms. The first kappa shape index (κ1) is 24.1. The van der Waals surface area contributed by atoms with Gasteiger partial charge in [-0.2, -0.15) is 10.1 Å². The Balaban J connectivity index is 1.26. The molecule has 0 spiro atoms. The molecule has 0 unspecified atom stereocenters. The summed E-state index contributed by atoms with van der Waals surface area (Å²) in [7, 11) is 1.83. The molecule has 5 rings (SSSR count). The Hall–Kier alpha value is -3.64. The van der Waals surface area contributed by atoms with Crippen LogP contribution >= 0.6 is 11.3 Å². The Morgan fingerprint density at radius 3 is 2.75 bits per heavy atom. The first-order chi connectivity index (χ1) is 17.3. The fraction of sp³-hybridized carbons (Fsp3) is 0.417. The summed E-state index contributed by atoms with van der Waals surface area (Å²) in [5.74, 6) is 1.01. The molecule has 0 atom stereocenters. The lowest BCUT2D eigenvalue weighted by atomic mass is 10.0. The maximum Gasteiger partial charge on any atom is 0.261 e. The monoisotopic (exact) mass is 506 g/mol. The molecule has 1 saturated heterocycles. The zero-order valence-corrected chi connectivity index (χ0v) is 21.7. The minimum atomic E-state index is -0.0528. The standard InChI is InChI=1S/C24H30N10OS/c1-15-10-18(21(35)27-7-9-34-8-5-6-24(34,2)3)36-22(15)30-19-17-13-28-23(31-20(17)33(4)32-19)29-16-11-25-14-26-12-16/h10-14H,5-9H2,1-4H3,(H,27,35)(H,30,32)(H,28,29,31). The maximum atomic E-state index is 12.8. The normalized spacial score (nSPS) is 15.3. The van der Waals surface area contributed by atoms with Crippen molar-refractivity contribution in [1.29, 1.82) is 0 Å². The lowest BCUT2D eigenvalue weighted by Gasteiger charge is -2.31. The zero-order valence-electron chi connectivity index (χ0n) is 20.9. The third-order valence-corrected chi connectivity index (χ3v) is 7.66. The van der Waals surface area contributed by atoms with Crippen molar-refractivity contribution in [3.05, 3.63) is 41.4 Å². The SMILES string of the molecule is Cc1cc(C(=O)NCCN2CCCC2(C)C)sc1Nc1nn(C)c2nc(Nc3cncnc3)ncc12. The quantitative estimate of drug-likeness (QED) is 0.328. The molecule has 4 aromatic heterocycles. The second-order valence-electron chi connectivity index (χ2n) is 9.56. The number of carbonyl (C=O) groups excluding carboxylic acids is 1. The summed E-state index contributed by atoms with van der Waals surface area (Å²) in [6.45, 7) is 9.11. The van der Waals surface area contributed by atoms with Crippen LogP contribution in [0.3, 0.4) is 0 Å². The first-order valence-electron chi connectivity index (χ1n) is 11.9. The number of likely N-dealkylation sites (tertiary alicyclic amines) is 1. The molecule has 0 bridgehead atoms. The highest BCUT2D eigenvalue weighted by atomic mass is 32.1. The van der Waals surface area contributed by atoms with Crippen LogP contribution in [-0.4, -0.2) is 65.7 Å². The molecule has 0 radical (unpaired) electrons. The molecule has 0 saturated carbocycles. The van der Waals surface area contributed by atoms with Crippen LogP contribution in [0.2, 0.25) is 0 Å². The second-order valence-corrected chi connectivity index (χ2v) is 10.6. The summed E-state index contributed by atoms with van der Waals surface area (Å²) in [4.78, 5) is 32.9. The number of hydrogen-bond acceptors (Lipinski definition) is 10. The number of aromatic nitrogens is 6. The number of nitrogens with one attached hydrogen (secondary N) is 3. The molecule has 1 amide bonds. The van der Waals surface area contributed by atoms with Crippen molar-refractivity contribution >= 4 is 50.7 Å². The predicted octanol–water partition coefficient (Wildman–Crippen LogP) is 3.61. The predicted molar refractivity (Wildman–Crippen MR) is 141 cm³/mol. The van der Waals surface area contributed by atoms with E-state index in [2.05, 4.69) is 59.7 Å². The average molecular weight is 507 g/mol. The number of aryl methyl sites for hydroxylation is 2. The van der Waals surface area contributed by atoms with Crippen molar-refractivity contribution in [2.75, 3.05) is 30.3 Å². The summed E-state index contributed by atoms with van der Waals surface area (Å²) in [5.41, 5.74) is 2.56. The van der Waals surface area contributed by atoms with Crippen LogP contribution in [0.5, 0.6) is 0 Å². The van der Waals surface area contributed by atoms with Crippen LogP contribution in [0.25, 0.3) is 11.0 Å². The molecule has 4 aromatic rings. The molecule has 188 valence electrons. The van der Waals surface area contributed by atoms with Crippen LogP contribution in [0.15, 0.2) is 31.0 Å². The van der Waals surface area contributed by atoms with Crippen molar-refractivity contribution < 1.29 is 4.79 Å². The van der Waals surface area contributed by atoms with Gasteiger partial charge < -0.3 is 16.0 Å². The summed E-state index contributed by atoms with van der Waals surface area (Å²) in [5, 5.41) is 15.8. The number of fused-ring (bicyclic) bond motifs is 1. The number of hydrogen-bond donors (Lipinski definition) is 3. The smallest absolute Gasteiger partial charge is 0.261 e. The Morgan fingerprint density at radius 1 is 1.19 bits per heavy atom. The minimum Gasteiger partial charge on any atom is -0.350 e. The van der Waals surface area contributed by atoms with Gasteiger partial charge in [-0.1, -0.05) is 0 Å². The van der Waals surface area contributed by atoms with Gasteiger partial charge in [0, 0.05) is 31.9 Å². The van der Waals surface area contributed by atoms with Gasteiger partial charge in [-0.25, -0.2) is 19.6 Å². The van der Waals surface area contributed by atoms with E-state index in [-0.39, 0.29) is 11.4 Å². The Kier molecular flexibility index (Phi) is 6.54. The maximum absolute atomic E-state index is 12.8. The van der Waals surface area contributed by atoms with Gasteiger partial charge in [0.2, 0.25) is 5.95 Å². The van der Waals surface area contributed by atoms with Gasteiger partial charge in [0.15, 0.2) is 11.5 Å². The molecule has 0 aliphatic carbocycles. The number of thiophene rings is 1. The fourth-order valence-corrected chi connectivity index (χ4v) is 5.47. The van der Waals surface area contributed by atoms with Crippen LogP contribution < -0.4 is 16.0 Å². The van der Waals surface area contributed by atoms with Gasteiger partial charge in [-0.15, -0.1) is 11.3 Å². The molecule has 1 aliphatic rings. The van der Waals surface area contributed by atoms with Crippen molar-refractivity contribution in [3.63, 3.8) is 0 Å². The Morgan fingerprint density at radius 2 is 2.00 bits per heavy atom. The molecule has 3 N–H and O–H groups in total. The van der Waals surface area contributed by atoms with Crippen molar-refractivity contribution in [2.45, 2.75) is 39.2 Å². The highest BCUT2D eigenvalue weighted by Gasteiger charge is 2.31. The lowest BCUT2D eigenvalue weighted by Crippen LogP contribution is -2.42. The van der Waals surface area contributed by atoms with E-state index in [0.717, 1.165) is 29.0 Å². The summed E-state index contributed by atoms with van der Waals surface area (Å²) >= 11 is 1.41. The van der Waals surface area contributed by atoms with E-state index in [1.165, 1.54) is 30.5 Å². The van der Waals surface area contributed by atoms with Gasteiger partial charge in [-0.3, -0.25) is 9.69 Å². The van der Waals surface area contributed by atoms with Gasteiger partial charge in [-0.05, 0) is 51.8 Å². The Bertz CT molecular complexity index is 1380. The summed E-state index contributed by atoms with van der Waals surface area (Å²) in [6.07, 6.45) is 8.90. The van der Waals surface area contributed by atoms with Crippen LogP contribution in [0, 0.1) is 6.92 Å². The van der Waals surface area contributed by atoms with Crippen molar-refractivity contribution in [2.24, 2.45) is 7.05 Å². The van der Waals surface area contributed by atoms with Crippen LogP contribution in [0.4, 0.5) is 22.5 Å². The summed E-state index contributed by atoms with van der Waals surface area (Å²) < 4.78 is 1.70. The summed E-state index contributed by atoms with van der Waals surface area (Å²) in [6, 6.07) is 1.91. The molecule has 1 aliphatic heterocycles. The molecule has 12 heteroatoms. The second kappa shape index (κ2) is 9.78. The van der Waals surface area contributed by atoms with E-state index in [4.69, 9.17) is 0 Å². The van der Waals surface area contributed by atoms with Crippen molar-refractivity contribution in [1.82, 2.24) is 39.9 Å². The number of amides is 1. The van der Waals surface area contributed by atoms with Gasteiger partial charge in [0.05, 0.1) is 33.3 Å². The largest absolute Gasteiger partial charge is 0.350 e. The van der Waals surface area contributed by atoms with E-state index in [1.54, 1.807) is 23.3 Å². The van der Waals surface area contributed by atoms with Gasteiger partial charge in [0.1, 0.15) is 6.33 Å². The van der Waals surface area contributed by atoms with E-state index in [9.17, 15) is 4.79 Å². The zero-order chi connectivity index (χ0) is 25.3. The topological polar surface area (TPSA) is 126 Å². The number of nitrogens with zero attached hydrogens (tertiary/aromatic N) is 7. The Labute approximate surface area is 213 Å².